The average molecular weight is 789 g/mol. The zero-order valence-electron chi connectivity index (χ0n) is 33.6. The van der Waals surface area contributed by atoms with Gasteiger partial charge < -0.3 is 9.13 Å². The Morgan fingerprint density at radius 2 is 0.806 bits per heavy atom. The molecule has 13 aromatic rings. The van der Waals surface area contributed by atoms with Crippen molar-refractivity contribution in [2.24, 2.45) is 0 Å². The van der Waals surface area contributed by atoms with Gasteiger partial charge in [-0.25, -0.2) is 9.97 Å². The van der Waals surface area contributed by atoms with Gasteiger partial charge in [0.2, 0.25) is 0 Å². The number of benzene rings is 10. The Hall–Kier alpha value is -8.34. The normalized spacial score (nSPS) is 11.9. The molecule has 0 saturated carbocycles. The maximum atomic E-state index is 5.40. The van der Waals surface area contributed by atoms with Crippen LogP contribution in [-0.4, -0.2) is 19.1 Å². The Labute approximate surface area is 357 Å². The van der Waals surface area contributed by atoms with Crippen molar-refractivity contribution in [2.45, 2.75) is 0 Å². The Balaban J connectivity index is 1.08. The summed E-state index contributed by atoms with van der Waals surface area (Å²) >= 11 is 0. The number of rotatable bonds is 5. The first-order valence-corrected chi connectivity index (χ1v) is 21.2. The maximum Gasteiger partial charge on any atom is 0.0979 e. The topological polar surface area (TPSA) is 35.6 Å². The van der Waals surface area contributed by atoms with Gasteiger partial charge in [-0.3, -0.25) is 0 Å². The highest BCUT2D eigenvalue weighted by Gasteiger charge is 2.22. The number of nitrogens with zero attached hydrogens (tertiary/aromatic N) is 4. The summed E-state index contributed by atoms with van der Waals surface area (Å²) in [6.45, 7) is 0. The molecule has 0 aliphatic heterocycles. The SMILES string of the molecule is c1ccc(-c2ccc(-c3nc4ccccc4nc3-c3cccc4c(-n5c6cc7ccccc7cc6c6c(-n7c8ccccc8c8ccccc87)cccc65)cccc34)cc2)cc1. The largest absolute Gasteiger partial charge is 0.309 e. The van der Waals surface area contributed by atoms with Crippen LogP contribution in [0.5, 0.6) is 0 Å². The molecule has 0 atom stereocenters. The molecule has 3 heterocycles. The molecule has 0 fully saturated rings. The van der Waals surface area contributed by atoms with Crippen molar-refractivity contribution in [2.75, 3.05) is 0 Å². The summed E-state index contributed by atoms with van der Waals surface area (Å²) in [5, 5.41) is 9.61. The van der Waals surface area contributed by atoms with Crippen LogP contribution in [0, 0.1) is 0 Å². The zero-order chi connectivity index (χ0) is 40.7. The molecule has 0 amide bonds. The monoisotopic (exact) mass is 788 g/mol. The van der Waals surface area contributed by atoms with Gasteiger partial charge in [0.05, 0.1) is 55.9 Å². The van der Waals surface area contributed by atoms with Crippen molar-refractivity contribution < 1.29 is 0 Å². The predicted molar refractivity (Wildman–Crippen MR) is 260 cm³/mol. The molecule has 62 heavy (non-hydrogen) atoms. The molecule has 13 rings (SSSR count). The minimum atomic E-state index is 0.861. The van der Waals surface area contributed by atoms with Gasteiger partial charge in [0, 0.05) is 38.1 Å². The summed E-state index contributed by atoms with van der Waals surface area (Å²) in [6.07, 6.45) is 0. The molecule has 0 saturated heterocycles. The smallest absolute Gasteiger partial charge is 0.0979 e. The highest BCUT2D eigenvalue weighted by molar-refractivity contribution is 6.19. The van der Waals surface area contributed by atoms with Gasteiger partial charge in [-0.15, -0.1) is 0 Å². The van der Waals surface area contributed by atoms with Crippen LogP contribution in [0.25, 0.3) is 121 Å². The molecule has 3 aromatic heterocycles. The third-order valence-corrected chi connectivity index (χ3v) is 12.7. The standard InChI is InChI=1S/C58H36N4/c1-2-15-37(16-3-1)38-31-33-39(34-32-38)57-58(60-49-25-9-8-24-48(49)59-57)46-23-12-22-43-42(46)21-13-28-52(43)62-54-30-14-29-53(56(54)47-35-40-17-4-5-18-41(40)36-55(47)62)61-50-26-10-6-19-44(50)45-20-7-11-27-51(45)61/h1-36H. The van der Waals surface area contributed by atoms with E-state index in [9.17, 15) is 0 Å². The number of para-hydroxylation sites is 4. The van der Waals surface area contributed by atoms with E-state index in [1.54, 1.807) is 0 Å². The van der Waals surface area contributed by atoms with Gasteiger partial charge in [0.1, 0.15) is 0 Å². The second-order valence-electron chi connectivity index (χ2n) is 16.1. The van der Waals surface area contributed by atoms with Gasteiger partial charge >= 0.3 is 0 Å². The second-order valence-corrected chi connectivity index (χ2v) is 16.1. The average Bonchev–Trinajstić information content (AvgIpc) is 3.85. The molecule has 0 N–H and O–H groups in total. The lowest BCUT2D eigenvalue weighted by atomic mass is 9.96. The van der Waals surface area contributed by atoms with Gasteiger partial charge in [0.25, 0.3) is 0 Å². The molecule has 0 aliphatic carbocycles. The van der Waals surface area contributed by atoms with Crippen LogP contribution in [0.3, 0.4) is 0 Å². The maximum absolute atomic E-state index is 5.40. The Kier molecular flexibility index (Phi) is 7.57. The summed E-state index contributed by atoms with van der Waals surface area (Å²) in [5.41, 5.74) is 14.9. The molecule has 0 spiro atoms. The zero-order valence-corrected chi connectivity index (χ0v) is 33.6. The highest BCUT2D eigenvalue weighted by atomic mass is 15.0. The third-order valence-electron chi connectivity index (χ3n) is 12.7. The van der Waals surface area contributed by atoms with E-state index in [0.29, 0.717) is 0 Å². The Bertz CT molecular complexity index is 3860. The number of hydrogen-bond donors (Lipinski definition) is 0. The molecular formula is C58H36N4. The van der Waals surface area contributed by atoms with Gasteiger partial charge in [-0.2, -0.15) is 0 Å². The first-order chi connectivity index (χ1) is 30.8. The van der Waals surface area contributed by atoms with E-state index in [1.165, 1.54) is 54.5 Å². The second kappa shape index (κ2) is 13.6. The molecule has 0 bridgehead atoms. The van der Waals surface area contributed by atoms with E-state index in [2.05, 4.69) is 215 Å². The Morgan fingerprint density at radius 3 is 1.56 bits per heavy atom. The summed E-state index contributed by atoms with van der Waals surface area (Å²) in [6, 6.07) is 78.5. The van der Waals surface area contributed by atoms with Crippen LogP contribution < -0.4 is 0 Å². The van der Waals surface area contributed by atoms with Crippen LogP contribution in [0.2, 0.25) is 0 Å². The van der Waals surface area contributed by atoms with E-state index < -0.39 is 0 Å². The van der Waals surface area contributed by atoms with E-state index in [4.69, 9.17) is 9.97 Å². The van der Waals surface area contributed by atoms with Crippen molar-refractivity contribution in [3.8, 4) is 45.0 Å². The van der Waals surface area contributed by atoms with Gasteiger partial charge in [-0.05, 0) is 81.9 Å². The fraction of sp³-hybridized carbons (Fsp3) is 0. The summed E-state index contributed by atoms with van der Waals surface area (Å²) in [4.78, 5) is 10.7. The van der Waals surface area contributed by atoms with Crippen LogP contribution in [-0.2, 0) is 0 Å². The van der Waals surface area contributed by atoms with Crippen LogP contribution in [0.4, 0.5) is 0 Å². The molecule has 0 aliphatic rings. The summed E-state index contributed by atoms with van der Waals surface area (Å²) < 4.78 is 4.94. The fourth-order valence-electron chi connectivity index (χ4n) is 9.90. The van der Waals surface area contributed by atoms with E-state index in [1.807, 2.05) is 12.1 Å². The molecule has 288 valence electrons. The highest BCUT2D eigenvalue weighted by Crippen LogP contribution is 2.44. The van der Waals surface area contributed by atoms with Gasteiger partial charge in [-0.1, -0.05) is 164 Å². The van der Waals surface area contributed by atoms with Gasteiger partial charge in [0.15, 0.2) is 0 Å². The molecule has 0 unspecified atom stereocenters. The number of aromatic nitrogens is 4. The fourth-order valence-corrected chi connectivity index (χ4v) is 9.90. The van der Waals surface area contributed by atoms with Crippen molar-refractivity contribution in [1.29, 1.82) is 0 Å². The molecule has 10 aromatic carbocycles. The van der Waals surface area contributed by atoms with Crippen LogP contribution in [0.1, 0.15) is 0 Å². The molecule has 0 radical (unpaired) electrons. The van der Waals surface area contributed by atoms with Crippen molar-refractivity contribution in [1.82, 2.24) is 19.1 Å². The Morgan fingerprint density at radius 1 is 0.290 bits per heavy atom. The third kappa shape index (κ3) is 5.20. The summed E-state index contributed by atoms with van der Waals surface area (Å²) in [7, 11) is 0. The molecule has 4 nitrogen and oxygen atoms in total. The predicted octanol–water partition coefficient (Wildman–Crippen LogP) is 15.1. The van der Waals surface area contributed by atoms with Crippen LogP contribution >= 0.6 is 0 Å². The van der Waals surface area contributed by atoms with E-state index in [-0.39, 0.29) is 0 Å². The first kappa shape index (κ1) is 34.5. The molecular weight excluding hydrogens is 753 g/mol. The number of fused-ring (bicyclic) bond motifs is 9. The summed E-state index contributed by atoms with van der Waals surface area (Å²) in [5.74, 6) is 0. The lowest BCUT2D eigenvalue weighted by Crippen LogP contribution is -1.99. The minimum Gasteiger partial charge on any atom is -0.309 e. The van der Waals surface area contributed by atoms with Crippen LogP contribution in [0.15, 0.2) is 218 Å². The van der Waals surface area contributed by atoms with E-state index in [0.717, 1.165) is 66.7 Å². The first-order valence-electron chi connectivity index (χ1n) is 21.2. The quantitative estimate of drug-likeness (QED) is 0.174. The van der Waals surface area contributed by atoms with Crippen molar-refractivity contribution in [3.05, 3.63) is 218 Å². The lowest BCUT2D eigenvalue weighted by Gasteiger charge is -2.16. The minimum absolute atomic E-state index is 0.861. The lowest BCUT2D eigenvalue weighted by molar-refractivity contribution is 1.18. The number of hydrogen-bond acceptors (Lipinski definition) is 2. The van der Waals surface area contributed by atoms with E-state index >= 15 is 0 Å². The molecule has 4 heteroatoms. The van der Waals surface area contributed by atoms with Crippen molar-refractivity contribution in [3.63, 3.8) is 0 Å². The van der Waals surface area contributed by atoms with Crippen molar-refractivity contribution >= 4 is 76.2 Å².